The van der Waals surface area contributed by atoms with E-state index in [1.807, 2.05) is 68.4 Å². The summed E-state index contributed by atoms with van der Waals surface area (Å²) in [5.74, 6) is -2.88. The van der Waals surface area contributed by atoms with Crippen LogP contribution in [0.2, 0.25) is 0 Å². The highest BCUT2D eigenvalue weighted by Crippen LogP contribution is 2.40. The van der Waals surface area contributed by atoms with Crippen molar-refractivity contribution in [3.63, 3.8) is 0 Å². The van der Waals surface area contributed by atoms with E-state index in [0.717, 1.165) is 11.1 Å². The quantitative estimate of drug-likeness (QED) is 0.250. The molecule has 0 bridgehead atoms. The van der Waals surface area contributed by atoms with Gasteiger partial charge >= 0.3 is 11.9 Å². The largest absolute Gasteiger partial charge is 0.419 e. The number of esters is 2. The number of para-hydroxylation sites is 1. The first-order valence-electron chi connectivity index (χ1n) is 11.0. The average molecular weight is 458 g/mol. The van der Waals surface area contributed by atoms with Crippen LogP contribution in [0, 0.1) is 13.8 Å². The lowest BCUT2D eigenvalue weighted by molar-refractivity contribution is -0.222. The lowest BCUT2D eigenvalue weighted by Gasteiger charge is -2.32. The van der Waals surface area contributed by atoms with Crippen molar-refractivity contribution in [2.75, 3.05) is 5.32 Å². The maximum Gasteiger partial charge on any atom is 0.350 e. The predicted octanol–water partition coefficient (Wildman–Crippen LogP) is 4.72. The minimum atomic E-state index is -1.50. The van der Waals surface area contributed by atoms with Crippen LogP contribution in [0.4, 0.5) is 5.69 Å². The maximum absolute atomic E-state index is 12.3. The van der Waals surface area contributed by atoms with Crippen LogP contribution in [0.1, 0.15) is 41.7 Å². The summed E-state index contributed by atoms with van der Waals surface area (Å²) in [5, 5.41) is 15.3. The third-order valence-electron chi connectivity index (χ3n) is 5.74. The number of carbonyl (C=O) groups is 2. The van der Waals surface area contributed by atoms with Gasteiger partial charge in [-0.15, -0.1) is 0 Å². The number of hydrogen-bond acceptors (Lipinski definition) is 6. The summed E-state index contributed by atoms with van der Waals surface area (Å²) in [4.78, 5) is 24.7. The molecule has 0 amide bonds. The molecule has 0 spiro atoms. The van der Waals surface area contributed by atoms with Crippen molar-refractivity contribution in [1.82, 2.24) is 0 Å². The number of aliphatic hydroxyl groups is 1. The molecule has 2 N–H and O–H groups in total. The van der Waals surface area contributed by atoms with Crippen molar-refractivity contribution in [2.24, 2.45) is 0 Å². The Morgan fingerprint density at radius 1 is 0.794 bits per heavy atom. The minimum absolute atomic E-state index is 0.261. The molecule has 1 fully saturated rings. The summed E-state index contributed by atoms with van der Waals surface area (Å²) in [5.41, 5.74) is 2.82. The first-order valence-corrected chi connectivity index (χ1v) is 11.0. The molecule has 3 aromatic carbocycles. The van der Waals surface area contributed by atoms with Crippen LogP contribution in [0.5, 0.6) is 0 Å². The number of aryl methyl sites for hydroxylation is 2. The Morgan fingerprint density at radius 3 is 1.76 bits per heavy atom. The second kappa shape index (κ2) is 8.80. The average Bonchev–Trinajstić information content (AvgIpc) is 2.78. The molecule has 4 rings (SSSR count). The summed E-state index contributed by atoms with van der Waals surface area (Å²) in [6.07, 6.45) is 1.25. The molecule has 34 heavy (non-hydrogen) atoms. The Labute approximate surface area is 198 Å². The second-order valence-electron chi connectivity index (χ2n) is 8.87. The van der Waals surface area contributed by atoms with Crippen LogP contribution in [0.25, 0.3) is 0 Å². The number of anilines is 1. The molecular weight excluding hydrogens is 430 g/mol. The summed E-state index contributed by atoms with van der Waals surface area (Å²) in [7, 11) is 0. The first kappa shape index (κ1) is 23.3. The topological polar surface area (TPSA) is 84.9 Å². The van der Waals surface area contributed by atoms with Crippen molar-refractivity contribution >= 4 is 17.6 Å². The van der Waals surface area contributed by atoms with Crippen molar-refractivity contribution in [1.29, 1.82) is 0 Å². The Bertz CT molecular complexity index is 1190. The van der Waals surface area contributed by atoms with E-state index in [9.17, 15) is 14.7 Å². The van der Waals surface area contributed by atoms with E-state index >= 15 is 0 Å². The lowest BCUT2D eigenvalue weighted by atomic mass is 9.79. The van der Waals surface area contributed by atoms with E-state index in [0.29, 0.717) is 22.4 Å². The fourth-order valence-corrected chi connectivity index (χ4v) is 3.92. The molecule has 0 radical (unpaired) electrons. The van der Waals surface area contributed by atoms with Gasteiger partial charge in [0.25, 0.3) is 5.79 Å². The monoisotopic (exact) mass is 457 g/mol. The van der Waals surface area contributed by atoms with Gasteiger partial charge in [-0.3, -0.25) is 0 Å². The molecule has 0 aromatic heterocycles. The zero-order valence-electron chi connectivity index (χ0n) is 19.6. The number of rotatable bonds is 5. The highest BCUT2D eigenvalue weighted by molar-refractivity contribution is 6.15. The van der Waals surface area contributed by atoms with Gasteiger partial charge in [-0.05, 0) is 31.0 Å². The van der Waals surface area contributed by atoms with Gasteiger partial charge in [-0.25, -0.2) is 9.59 Å². The van der Waals surface area contributed by atoms with Crippen LogP contribution in [-0.2, 0) is 24.7 Å². The summed E-state index contributed by atoms with van der Waals surface area (Å²) >= 11 is 0. The zero-order valence-corrected chi connectivity index (χ0v) is 19.6. The number of nitrogens with one attached hydrogen (secondary N) is 1. The molecule has 6 heteroatoms. The highest BCUT2D eigenvalue weighted by atomic mass is 16.7. The molecule has 0 aliphatic carbocycles. The van der Waals surface area contributed by atoms with Crippen LogP contribution >= 0.6 is 0 Å². The number of cyclic esters (lactones) is 2. The van der Waals surface area contributed by atoms with Crippen LogP contribution < -0.4 is 5.32 Å². The van der Waals surface area contributed by atoms with E-state index in [1.54, 1.807) is 18.2 Å². The molecule has 1 saturated heterocycles. The van der Waals surface area contributed by atoms with E-state index in [2.05, 4.69) is 5.32 Å². The minimum Gasteiger partial charge on any atom is -0.419 e. The highest BCUT2D eigenvalue weighted by Gasteiger charge is 2.39. The third-order valence-corrected chi connectivity index (χ3v) is 5.74. The van der Waals surface area contributed by atoms with E-state index < -0.39 is 23.3 Å². The number of hydrogen-bond donors (Lipinski definition) is 2. The molecule has 1 heterocycles. The van der Waals surface area contributed by atoms with Crippen molar-refractivity contribution in [2.45, 2.75) is 39.1 Å². The molecule has 0 atom stereocenters. The first-order chi connectivity index (χ1) is 16.1. The number of benzene rings is 3. The standard InChI is InChI=1S/C28H27NO5/c1-18-9-13-20(14-10-18)28(32,21-15-11-19(2)12-16-21)23-7-5-6-8-24(23)29-17-22-25(30)33-27(3,4)34-26(22)31/h5-17,29,32H,1-4H3. The van der Waals surface area contributed by atoms with E-state index in [1.165, 1.54) is 20.0 Å². The van der Waals surface area contributed by atoms with Gasteiger partial charge in [0, 0.05) is 31.3 Å². The summed E-state index contributed by atoms with van der Waals surface area (Å²) < 4.78 is 10.3. The maximum atomic E-state index is 12.3. The Morgan fingerprint density at radius 2 is 1.26 bits per heavy atom. The van der Waals surface area contributed by atoms with E-state index in [4.69, 9.17) is 9.47 Å². The predicted molar refractivity (Wildman–Crippen MR) is 129 cm³/mol. The summed E-state index contributed by atoms with van der Waals surface area (Å²) in [6, 6.07) is 22.6. The second-order valence-corrected chi connectivity index (χ2v) is 8.87. The molecule has 6 nitrogen and oxygen atoms in total. The Kier molecular flexibility index (Phi) is 6.02. The van der Waals surface area contributed by atoms with E-state index in [-0.39, 0.29) is 5.57 Å². The molecular formula is C28H27NO5. The van der Waals surface area contributed by atoms with Crippen molar-refractivity contribution in [3.8, 4) is 0 Å². The SMILES string of the molecule is Cc1ccc(C(O)(c2ccc(C)cc2)c2ccccc2NC=C2C(=O)OC(C)(C)OC2=O)cc1. The Hall–Kier alpha value is -3.90. The third kappa shape index (κ3) is 4.45. The normalized spacial score (nSPS) is 15.4. The van der Waals surface area contributed by atoms with Gasteiger partial charge < -0.3 is 19.9 Å². The zero-order chi connectivity index (χ0) is 24.5. The molecule has 0 unspecified atom stereocenters. The fourth-order valence-electron chi connectivity index (χ4n) is 3.92. The van der Waals surface area contributed by atoms with Gasteiger partial charge in [0.15, 0.2) is 5.57 Å². The van der Waals surface area contributed by atoms with Crippen molar-refractivity contribution in [3.05, 3.63) is 112 Å². The smallest absolute Gasteiger partial charge is 0.350 e. The van der Waals surface area contributed by atoms with Gasteiger partial charge in [0.05, 0.1) is 0 Å². The number of ether oxygens (including phenoxy) is 2. The number of carbonyl (C=O) groups excluding carboxylic acids is 2. The summed E-state index contributed by atoms with van der Waals surface area (Å²) in [6.45, 7) is 6.96. The van der Waals surface area contributed by atoms with Gasteiger partial charge in [0.2, 0.25) is 0 Å². The van der Waals surface area contributed by atoms with Gasteiger partial charge in [0.1, 0.15) is 5.60 Å². The van der Waals surface area contributed by atoms with Crippen LogP contribution in [0.15, 0.2) is 84.6 Å². The molecule has 3 aromatic rings. The molecule has 1 aliphatic heterocycles. The molecule has 1 aliphatic rings. The molecule has 0 saturated carbocycles. The van der Waals surface area contributed by atoms with Crippen molar-refractivity contribution < 1.29 is 24.2 Å². The van der Waals surface area contributed by atoms with Crippen LogP contribution in [-0.4, -0.2) is 22.8 Å². The van der Waals surface area contributed by atoms with Gasteiger partial charge in [-0.1, -0.05) is 77.9 Å². The lowest BCUT2D eigenvalue weighted by Crippen LogP contribution is -2.42. The fraction of sp³-hybridized carbons (Fsp3) is 0.214. The Balaban J connectivity index is 1.80. The van der Waals surface area contributed by atoms with Gasteiger partial charge in [-0.2, -0.15) is 0 Å². The van der Waals surface area contributed by atoms with Crippen LogP contribution in [0.3, 0.4) is 0 Å². The molecule has 174 valence electrons.